The average molecular weight is 358 g/mol. The molecule has 8 heteroatoms. The Morgan fingerprint density at radius 1 is 1.40 bits per heavy atom. The number of phenolic OH excluding ortho intramolecular Hbond substituents is 1. The van der Waals surface area contributed by atoms with Gasteiger partial charge in [-0.3, -0.25) is 9.20 Å². The lowest BCUT2D eigenvalue weighted by atomic mass is 10.2. The molecule has 2 heterocycles. The number of ether oxygens (including phenoxy) is 2. The van der Waals surface area contributed by atoms with Gasteiger partial charge >= 0.3 is 5.97 Å². The summed E-state index contributed by atoms with van der Waals surface area (Å²) in [5, 5.41) is 11.3. The lowest BCUT2D eigenvalue weighted by Gasteiger charge is -2.04. The van der Waals surface area contributed by atoms with E-state index in [0.29, 0.717) is 22.0 Å². The summed E-state index contributed by atoms with van der Waals surface area (Å²) in [5.41, 5.74) is 0.840. The van der Waals surface area contributed by atoms with Crippen LogP contribution in [0.4, 0.5) is 0 Å². The lowest BCUT2D eigenvalue weighted by molar-refractivity contribution is -0.139. The second kappa shape index (κ2) is 7.18. The molecule has 2 aromatic heterocycles. The molecule has 1 N–H and O–H groups in total. The Labute approximate surface area is 146 Å². The third-order valence-corrected chi connectivity index (χ3v) is 4.09. The van der Waals surface area contributed by atoms with Crippen molar-refractivity contribution < 1.29 is 19.4 Å². The molecular formula is C17H14N2O5S. The van der Waals surface area contributed by atoms with Crippen LogP contribution in [0.25, 0.3) is 11.0 Å². The molecule has 0 spiro atoms. The van der Waals surface area contributed by atoms with Crippen molar-refractivity contribution >= 4 is 28.3 Å². The maximum Gasteiger partial charge on any atom is 0.331 e. The number of rotatable bonds is 5. The van der Waals surface area contributed by atoms with Crippen LogP contribution in [0.1, 0.15) is 11.3 Å². The van der Waals surface area contributed by atoms with Gasteiger partial charge in [0, 0.05) is 23.7 Å². The van der Waals surface area contributed by atoms with Gasteiger partial charge in [0.05, 0.1) is 12.8 Å². The molecule has 0 saturated carbocycles. The van der Waals surface area contributed by atoms with Gasteiger partial charge in [-0.25, -0.2) is 9.78 Å². The normalized spacial score (nSPS) is 11.1. The topological polar surface area (TPSA) is 90.1 Å². The Hall–Kier alpha value is -3.13. The summed E-state index contributed by atoms with van der Waals surface area (Å²) in [7, 11) is 1.44. The van der Waals surface area contributed by atoms with E-state index in [1.807, 2.05) is 0 Å². The third kappa shape index (κ3) is 3.86. The number of carbonyl (C=O) groups excluding carboxylic acids is 1. The van der Waals surface area contributed by atoms with E-state index < -0.39 is 5.97 Å². The van der Waals surface area contributed by atoms with Gasteiger partial charge in [-0.2, -0.15) is 0 Å². The molecule has 7 nitrogen and oxygen atoms in total. The molecule has 0 aliphatic heterocycles. The Balaban J connectivity index is 1.65. The molecule has 128 valence electrons. The zero-order valence-electron chi connectivity index (χ0n) is 13.2. The molecule has 0 saturated heterocycles. The first kappa shape index (κ1) is 16.7. The maximum atomic E-state index is 11.8. The summed E-state index contributed by atoms with van der Waals surface area (Å²) in [6, 6.07) is 6.03. The Bertz CT molecular complexity index is 1010. The number of aromatic nitrogens is 2. The third-order valence-electron chi connectivity index (χ3n) is 3.33. The molecular weight excluding hydrogens is 344 g/mol. The second-order valence-corrected chi connectivity index (χ2v) is 5.89. The quantitative estimate of drug-likeness (QED) is 0.556. The minimum absolute atomic E-state index is 0.0172. The summed E-state index contributed by atoms with van der Waals surface area (Å²) < 4.78 is 11.5. The van der Waals surface area contributed by atoms with E-state index in [2.05, 4.69) is 4.98 Å². The molecule has 0 radical (unpaired) electrons. The van der Waals surface area contributed by atoms with Gasteiger partial charge in [-0.15, -0.1) is 11.3 Å². The van der Waals surface area contributed by atoms with Crippen LogP contribution in [-0.4, -0.2) is 27.6 Å². The van der Waals surface area contributed by atoms with E-state index in [1.54, 1.807) is 23.7 Å². The molecule has 0 atom stereocenters. The molecule has 3 rings (SSSR count). The Kier molecular flexibility index (Phi) is 4.80. The summed E-state index contributed by atoms with van der Waals surface area (Å²) >= 11 is 1.33. The van der Waals surface area contributed by atoms with Gasteiger partial charge in [0.25, 0.3) is 5.56 Å². The van der Waals surface area contributed by atoms with E-state index in [-0.39, 0.29) is 17.9 Å². The fourth-order valence-corrected chi connectivity index (χ4v) is 2.86. The van der Waals surface area contributed by atoms with E-state index in [0.717, 1.165) is 0 Å². The van der Waals surface area contributed by atoms with Crippen LogP contribution in [-0.2, 0) is 16.1 Å². The van der Waals surface area contributed by atoms with Crippen molar-refractivity contribution in [2.24, 2.45) is 0 Å². The van der Waals surface area contributed by atoms with Crippen molar-refractivity contribution in [3.05, 3.63) is 63.5 Å². The maximum absolute atomic E-state index is 11.8. The number of thiazole rings is 1. The van der Waals surface area contributed by atoms with Crippen molar-refractivity contribution in [1.29, 1.82) is 0 Å². The average Bonchev–Trinajstić information content (AvgIpc) is 3.08. The van der Waals surface area contributed by atoms with Crippen molar-refractivity contribution in [1.82, 2.24) is 9.38 Å². The standard InChI is InChI=1S/C17H14N2O5S/c1-23-14-8-11(2-4-13(14)20)3-5-16(22)24-10-12-9-15(21)19-6-7-25-17(19)18-12/h2-9,20H,10H2,1H3. The van der Waals surface area contributed by atoms with Gasteiger partial charge in [0.1, 0.15) is 6.61 Å². The van der Waals surface area contributed by atoms with Crippen LogP contribution in [0, 0.1) is 0 Å². The monoisotopic (exact) mass is 358 g/mol. The Morgan fingerprint density at radius 2 is 2.24 bits per heavy atom. The SMILES string of the molecule is COc1cc(C=CC(=O)OCc2cc(=O)n3ccsc3n2)ccc1O. The number of hydrogen-bond donors (Lipinski definition) is 1. The number of nitrogens with zero attached hydrogens (tertiary/aromatic N) is 2. The number of benzene rings is 1. The number of hydrogen-bond acceptors (Lipinski definition) is 7. The molecule has 1 aromatic carbocycles. The number of aromatic hydroxyl groups is 1. The molecule has 0 fully saturated rings. The van der Waals surface area contributed by atoms with Gasteiger partial charge in [-0.05, 0) is 23.8 Å². The summed E-state index contributed by atoms with van der Waals surface area (Å²) in [4.78, 5) is 28.5. The summed E-state index contributed by atoms with van der Waals surface area (Å²) in [5.74, 6) is -0.242. The molecule has 3 aromatic rings. The number of fused-ring (bicyclic) bond motifs is 1. The molecule has 0 unspecified atom stereocenters. The first-order valence-electron chi connectivity index (χ1n) is 7.24. The highest BCUT2D eigenvalue weighted by atomic mass is 32.1. The summed E-state index contributed by atoms with van der Waals surface area (Å²) in [6.07, 6.45) is 4.43. The predicted molar refractivity (Wildman–Crippen MR) is 92.8 cm³/mol. The van der Waals surface area contributed by atoms with Crippen LogP contribution >= 0.6 is 11.3 Å². The highest BCUT2D eigenvalue weighted by Gasteiger charge is 2.06. The molecule has 0 aliphatic rings. The first-order chi connectivity index (χ1) is 12.1. The fourth-order valence-electron chi connectivity index (χ4n) is 2.12. The van der Waals surface area contributed by atoms with E-state index in [4.69, 9.17) is 9.47 Å². The highest BCUT2D eigenvalue weighted by Crippen LogP contribution is 2.26. The first-order valence-corrected chi connectivity index (χ1v) is 8.12. The van der Waals surface area contributed by atoms with Crippen molar-refractivity contribution in [3.63, 3.8) is 0 Å². The van der Waals surface area contributed by atoms with Crippen molar-refractivity contribution in [2.75, 3.05) is 7.11 Å². The number of methoxy groups -OCH3 is 1. The zero-order chi connectivity index (χ0) is 17.8. The van der Waals surface area contributed by atoms with E-state index >= 15 is 0 Å². The number of carbonyl (C=O) groups is 1. The van der Waals surface area contributed by atoms with Crippen molar-refractivity contribution in [2.45, 2.75) is 6.61 Å². The van der Waals surface area contributed by atoms with Gasteiger partial charge in [-0.1, -0.05) is 6.07 Å². The van der Waals surface area contributed by atoms with E-state index in [9.17, 15) is 14.7 Å². The van der Waals surface area contributed by atoms with Crippen LogP contribution in [0.3, 0.4) is 0 Å². The molecule has 25 heavy (non-hydrogen) atoms. The highest BCUT2D eigenvalue weighted by molar-refractivity contribution is 7.15. The lowest BCUT2D eigenvalue weighted by Crippen LogP contribution is -2.14. The minimum atomic E-state index is -0.569. The smallest absolute Gasteiger partial charge is 0.331 e. The van der Waals surface area contributed by atoms with Crippen LogP contribution in [0.2, 0.25) is 0 Å². The van der Waals surface area contributed by atoms with Gasteiger partial charge in [0.15, 0.2) is 16.5 Å². The van der Waals surface area contributed by atoms with Crippen molar-refractivity contribution in [3.8, 4) is 11.5 Å². The van der Waals surface area contributed by atoms with Crippen LogP contribution in [0.5, 0.6) is 11.5 Å². The van der Waals surface area contributed by atoms with Gasteiger partial charge in [0.2, 0.25) is 0 Å². The predicted octanol–water partition coefficient (Wildman–Crippen LogP) is 2.23. The van der Waals surface area contributed by atoms with E-state index in [1.165, 1.54) is 47.1 Å². The zero-order valence-corrected chi connectivity index (χ0v) is 14.0. The number of esters is 1. The number of phenols is 1. The minimum Gasteiger partial charge on any atom is -0.504 e. The molecule has 0 amide bonds. The summed E-state index contributed by atoms with van der Waals surface area (Å²) in [6.45, 7) is -0.0916. The molecule has 0 bridgehead atoms. The van der Waals surface area contributed by atoms with Crippen LogP contribution < -0.4 is 10.3 Å². The Morgan fingerprint density at radius 3 is 3.04 bits per heavy atom. The largest absolute Gasteiger partial charge is 0.504 e. The molecule has 0 aliphatic carbocycles. The second-order valence-electron chi connectivity index (χ2n) is 5.01. The fraction of sp³-hybridized carbons (Fsp3) is 0.118. The van der Waals surface area contributed by atoms with Crippen LogP contribution in [0.15, 0.2) is 46.7 Å². The van der Waals surface area contributed by atoms with Gasteiger partial charge < -0.3 is 14.6 Å².